The first-order valence-corrected chi connectivity index (χ1v) is 5.00. The Hall–Kier alpha value is -0.570. The van der Waals surface area contributed by atoms with Crippen molar-refractivity contribution in [2.75, 3.05) is 0 Å². The summed E-state index contributed by atoms with van der Waals surface area (Å²) in [6.45, 7) is 6.66. The van der Waals surface area contributed by atoms with Crippen LogP contribution in [0, 0.1) is 0 Å². The summed E-state index contributed by atoms with van der Waals surface area (Å²) in [5, 5.41) is 0.750. The number of hydroxylamine groups is 1. The summed E-state index contributed by atoms with van der Waals surface area (Å²) >= 11 is 5.85. The van der Waals surface area contributed by atoms with Crippen LogP contribution in [0.15, 0.2) is 24.3 Å². The van der Waals surface area contributed by atoms with Crippen LogP contribution in [0.2, 0.25) is 5.02 Å². The van der Waals surface area contributed by atoms with Gasteiger partial charge in [-0.25, -0.2) is 0 Å². The van der Waals surface area contributed by atoms with Gasteiger partial charge >= 0.3 is 0 Å². The van der Waals surface area contributed by atoms with Crippen molar-refractivity contribution >= 4 is 11.6 Å². The van der Waals surface area contributed by atoms with E-state index in [1.807, 2.05) is 45.0 Å². The predicted molar refractivity (Wildman–Crippen MR) is 59.1 cm³/mol. The molecule has 0 unspecified atom stereocenters. The molecule has 0 aliphatic rings. The van der Waals surface area contributed by atoms with Crippen molar-refractivity contribution in [2.45, 2.75) is 32.9 Å². The van der Waals surface area contributed by atoms with Gasteiger partial charge in [0.1, 0.15) is 0 Å². The standard InChI is InChI=1S/C11H16ClNO/c1-11(2,3)14-13-8-9-5-4-6-10(12)7-9/h4-7,13H,8H2,1-3H3. The molecule has 0 heterocycles. The number of rotatable bonds is 3. The zero-order valence-electron chi connectivity index (χ0n) is 8.80. The average molecular weight is 214 g/mol. The van der Waals surface area contributed by atoms with Crippen molar-refractivity contribution < 1.29 is 4.84 Å². The normalized spacial score (nSPS) is 11.7. The Labute approximate surface area is 90.2 Å². The first-order chi connectivity index (χ1) is 6.47. The minimum atomic E-state index is -0.168. The molecule has 0 spiro atoms. The monoisotopic (exact) mass is 213 g/mol. The number of halogens is 1. The van der Waals surface area contributed by atoms with Crippen molar-refractivity contribution in [3.05, 3.63) is 34.9 Å². The minimum absolute atomic E-state index is 0.168. The molecule has 1 rings (SSSR count). The highest BCUT2D eigenvalue weighted by Gasteiger charge is 2.09. The molecule has 3 heteroatoms. The average Bonchev–Trinajstić information content (AvgIpc) is 2.01. The molecule has 1 aromatic rings. The maximum absolute atomic E-state index is 5.85. The molecule has 2 nitrogen and oxygen atoms in total. The molecule has 1 N–H and O–H groups in total. The van der Waals surface area contributed by atoms with E-state index in [4.69, 9.17) is 16.4 Å². The quantitative estimate of drug-likeness (QED) is 0.779. The van der Waals surface area contributed by atoms with Crippen LogP contribution in [0.5, 0.6) is 0 Å². The van der Waals surface area contributed by atoms with Gasteiger partial charge in [-0.3, -0.25) is 4.84 Å². The van der Waals surface area contributed by atoms with E-state index in [-0.39, 0.29) is 5.60 Å². The van der Waals surface area contributed by atoms with Gasteiger partial charge in [0.15, 0.2) is 0 Å². The lowest BCUT2D eigenvalue weighted by Gasteiger charge is -2.19. The summed E-state index contributed by atoms with van der Waals surface area (Å²) in [6, 6.07) is 7.71. The lowest BCUT2D eigenvalue weighted by atomic mass is 10.2. The molecule has 0 aliphatic heterocycles. The Morgan fingerprint density at radius 3 is 2.64 bits per heavy atom. The molecule has 14 heavy (non-hydrogen) atoms. The number of nitrogens with one attached hydrogen (secondary N) is 1. The van der Waals surface area contributed by atoms with Crippen LogP contribution in [0.25, 0.3) is 0 Å². The Balaban J connectivity index is 2.39. The molecule has 1 aromatic carbocycles. The molecule has 0 amide bonds. The number of hydrogen-bond donors (Lipinski definition) is 1. The fourth-order valence-electron chi connectivity index (χ4n) is 0.983. The van der Waals surface area contributed by atoms with Crippen LogP contribution < -0.4 is 5.48 Å². The summed E-state index contributed by atoms with van der Waals surface area (Å²) in [7, 11) is 0. The Bertz CT molecular complexity index is 294. The third kappa shape index (κ3) is 4.61. The van der Waals surface area contributed by atoms with Crippen LogP contribution in [-0.2, 0) is 11.4 Å². The first-order valence-electron chi connectivity index (χ1n) is 4.63. The third-order valence-corrected chi connectivity index (χ3v) is 1.78. The van der Waals surface area contributed by atoms with Gasteiger partial charge in [-0.05, 0) is 38.5 Å². The molecule has 0 atom stereocenters. The van der Waals surface area contributed by atoms with E-state index >= 15 is 0 Å². The van der Waals surface area contributed by atoms with Gasteiger partial charge in [-0.15, -0.1) is 0 Å². The lowest BCUT2D eigenvalue weighted by molar-refractivity contribution is -0.0757. The fraction of sp³-hybridized carbons (Fsp3) is 0.455. The molecule has 0 aromatic heterocycles. The molecule has 78 valence electrons. The Morgan fingerprint density at radius 2 is 2.07 bits per heavy atom. The zero-order valence-corrected chi connectivity index (χ0v) is 9.56. The maximum Gasteiger partial charge on any atom is 0.0813 e. The van der Waals surface area contributed by atoms with Gasteiger partial charge in [0.2, 0.25) is 0 Å². The van der Waals surface area contributed by atoms with E-state index in [1.54, 1.807) is 0 Å². The van der Waals surface area contributed by atoms with Crippen LogP contribution in [0.3, 0.4) is 0 Å². The van der Waals surface area contributed by atoms with Crippen molar-refractivity contribution in [1.29, 1.82) is 0 Å². The van der Waals surface area contributed by atoms with Gasteiger partial charge in [0.05, 0.1) is 5.60 Å². The van der Waals surface area contributed by atoms with E-state index in [2.05, 4.69) is 5.48 Å². The van der Waals surface area contributed by atoms with E-state index in [0.717, 1.165) is 10.6 Å². The van der Waals surface area contributed by atoms with Gasteiger partial charge in [-0.2, -0.15) is 5.48 Å². The third-order valence-electron chi connectivity index (χ3n) is 1.54. The van der Waals surface area contributed by atoms with Crippen molar-refractivity contribution in [3.8, 4) is 0 Å². The van der Waals surface area contributed by atoms with E-state index in [0.29, 0.717) is 6.54 Å². The van der Waals surface area contributed by atoms with E-state index < -0.39 is 0 Å². The second-order valence-corrected chi connectivity index (χ2v) is 4.60. The zero-order chi connectivity index (χ0) is 10.6. The van der Waals surface area contributed by atoms with Crippen molar-refractivity contribution in [1.82, 2.24) is 5.48 Å². The van der Waals surface area contributed by atoms with Gasteiger partial charge < -0.3 is 0 Å². The highest BCUT2D eigenvalue weighted by molar-refractivity contribution is 6.30. The molecular formula is C11H16ClNO. The molecule has 0 radical (unpaired) electrons. The predicted octanol–water partition coefficient (Wildman–Crippen LogP) is 3.16. The summed E-state index contributed by atoms with van der Waals surface area (Å²) < 4.78 is 0. The van der Waals surface area contributed by atoms with Crippen molar-refractivity contribution in [2.24, 2.45) is 0 Å². The minimum Gasteiger partial charge on any atom is -0.296 e. The second kappa shape index (κ2) is 4.78. The number of hydrogen-bond acceptors (Lipinski definition) is 2. The summed E-state index contributed by atoms with van der Waals surface area (Å²) in [6.07, 6.45) is 0. The lowest BCUT2D eigenvalue weighted by Crippen LogP contribution is -2.28. The van der Waals surface area contributed by atoms with Gasteiger partial charge in [0.25, 0.3) is 0 Å². The molecule has 0 bridgehead atoms. The summed E-state index contributed by atoms with van der Waals surface area (Å²) in [4.78, 5) is 5.38. The summed E-state index contributed by atoms with van der Waals surface area (Å²) in [5.41, 5.74) is 3.85. The van der Waals surface area contributed by atoms with Crippen molar-refractivity contribution in [3.63, 3.8) is 0 Å². The molecule has 0 saturated carbocycles. The number of benzene rings is 1. The van der Waals surface area contributed by atoms with Crippen LogP contribution in [-0.4, -0.2) is 5.60 Å². The molecule has 0 fully saturated rings. The molecular weight excluding hydrogens is 198 g/mol. The maximum atomic E-state index is 5.85. The Kier molecular flexibility index (Phi) is 3.93. The largest absolute Gasteiger partial charge is 0.296 e. The second-order valence-electron chi connectivity index (χ2n) is 4.17. The van der Waals surface area contributed by atoms with Gasteiger partial charge in [-0.1, -0.05) is 23.7 Å². The first kappa shape index (κ1) is 11.5. The van der Waals surface area contributed by atoms with Gasteiger partial charge in [0, 0.05) is 11.6 Å². The highest BCUT2D eigenvalue weighted by Crippen LogP contribution is 2.11. The van der Waals surface area contributed by atoms with Crippen LogP contribution in [0.4, 0.5) is 0 Å². The highest BCUT2D eigenvalue weighted by atomic mass is 35.5. The fourth-order valence-corrected chi connectivity index (χ4v) is 1.20. The van der Waals surface area contributed by atoms with E-state index in [1.165, 1.54) is 0 Å². The Morgan fingerprint density at radius 1 is 1.36 bits per heavy atom. The smallest absolute Gasteiger partial charge is 0.0813 e. The molecule has 0 saturated heterocycles. The SMILES string of the molecule is CC(C)(C)ONCc1cccc(Cl)c1. The molecule has 0 aliphatic carbocycles. The van der Waals surface area contributed by atoms with Crippen LogP contribution >= 0.6 is 11.6 Å². The van der Waals surface area contributed by atoms with E-state index in [9.17, 15) is 0 Å². The summed E-state index contributed by atoms with van der Waals surface area (Å²) in [5.74, 6) is 0. The topological polar surface area (TPSA) is 21.3 Å². The van der Waals surface area contributed by atoms with Crippen LogP contribution in [0.1, 0.15) is 26.3 Å².